The van der Waals surface area contributed by atoms with E-state index in [4.69, 9.17) is 18.0 Å². The first kappa shape index (κ1) is 13.7. The Morgan fingerprint density at radius 2 is 2.00 bits per heavy atom. The van der Waals surface area contributed by atoms with E-state index < -0.39 is 6.10 Å². The van der Waals surface area contributed by atoms with Gasteiger partial charge in [-0.15, -0.1) is 6.42 Å². The Kier molecular flexibility index (Phi) is 3.42. The van der Waals surface area contributed by atoms with Crippen molar-refractivity contribution in [3.63, 3.8) is 0 Å². The molecule has 1 N–H and O–H groups in total. The zero-order valence-corrected chi connectivity index (χ0v) is 12.2. The summed E-state index contributed by atoms with van der Waals surface area (Å²) in [5.74, 6) is 2.35. The summed E-state index contributed by atoms with van der Waals surface area (Å²) >= 11 is 6.19. The first-order valence-corrected chi connectivity index (χ1v) is 6.87. The van der Waals surface area contributed by atoms with Gasteiger partial charge in [-0.1, -0.05) is 47.4 Å². The molecule has 104 valence electrons. The van der Waals surface area contributed by atoms with Gasteiger partial charge >= 0.3 is 0 Å². The zero-order chi connectivity index (χ0) is 15.0. The molecule has 2 heterocycles. The number of rotatable bonds is 2. The highest BCUT2D eigenvalue weighted by atomic mass is 35.5. The second-order valence-electron chi connectivity index (χ2n) is 4.83. The summed E-state index contributed by atoms with van der Waals surface area (Å²) in [6.07, 6.45) is 6.14. The van der Waals surface area contributed by atoms with Crippen molar-refractivity contribution in [3.8, 4) is 23.6 Å². The second-order valence-corrected chi connectivity index (χ2v) is 5.24. The summed E-state index contributed by atoms with van der Waals surface area (Å²) in [5, 5.41) is 10.7. The van der Waals surface area contributed by atoms with Crippen LogP contribution in [0.1, 0.15) is 17.4 Å². The highest BCUT2D eigenvalue weighted by molar-refractivity contribution is 6.33. The van der Waals surface area contributed by atoms with E-state index in [9.17, 15) is 5.11 Å². The van der Waals surface area contributed by atoms with E-state index in [1.165, 1.54) is 0 Å². The molecule has 0 aliphatic carbocycles. The maximum absolute atomic E-state index is 10.2. The van der Waals surface area contributed by atoms with Gasteiger partial charge in [0.25, 0.3) is 0 Å². The van der Waals surface area contributed by atoms with Gasteiger partial charge in [0.1, 0.15) is 0 Å². The molecule has 0 saturated heterocycles. The van der Waals surface area contributed by atoms with Crippen LogP contribution in [-0.2, 0) is 0 Å². The number of imidazole rings is 1. The number of pyridine rings is 1. The van der Waals surface area contributed by atoms with Crippen LogP contribution >= 0.6 is 11.6 Å². The Labute approximate surface area is 127 Å². The molecule has 3 aromatic rings. The third kappa shape index (κ3) is 2.29. The van der Waals surface area contributed by atoms with Crippen molar-refractivity contribution < 1.29 is 5.11 Å². The average Bonchev–Trinajstić information content (AvgIpc) is 2.88. The normalized spacial score (nSPS) is 12.3. The van der Waals surface area contributed by atoms with E-state index >= 15 is 0 Å². The number of hydrogen-bond donors (Lipinski definition) is 1. The van der Waals surface area contributed by atoms with Gasteiger partial charge in [-0.2, -0.15) is 0 Å². The minimum atomic E-state index is -1.05. The third-order valence-corrected chi connectivity index (χ3v) is 3.68. The molecular weight excluding hydrogens is 284 g/mol. The van der Waals surface area contributed by atoms with Crippen LogP contribution < -0.4 is 0 Å². The molecular formula is C17H13ClN2O. The zero-order valence-electron chi connectivity index (χ0n) is 11.4. The molecule has 0 aliphatic rings. The first-order valence-electron chi connectivity index (χ1n) is 6.49. The van der Waals surface area contributed by atoms with Gasteiger partial charge in [0.2, 0.25) is 0 Å². The molecule has 21 heavy (non-hydrogen) atoms. The number of aliphatic hydroxyl groups is 1. The van der Waals surface area contributed by atoms with Crippen molar-refractivity contribution in [2.75, 3.05) is 0 Å². The third-order valence-electron chi connectivity index (χ3n) is 3.38. The summed E-state index contributed by atoms with van der Waals surface area (Å²) in [5.41, 5.74) is 3.83. The number of terminal acetylenes is 1. The Morgan fingerprint density at radius 1 is 1.29 bits per heavy atom. The minimum absolute atomic E-state index is 0.515. The quantitative estimate of drug-likeness (QED) is 0.733. The van der Waals surface area contributed by atoms with Crippen molar-refractivity contribution in [1.82, 2.24) is 9.38 Å². The van der Waals surface area contributed by atoms with Gasteiger partial charge in [-0.25, -0.2) is 4.98 Å². The summed E-state index contributed by atoms with van der Waals surface area (Å²) < 4.78 is 1.74. The first-order chi connectivity index (χ1) is 10.1. The molecule has 3 nitrogen and oxygen atoms in total. The lowest BCUT2D eigenvalue weighted by molar-refractivity contribution is 0.233. The topological polar surface area (TPSA) is 37.5 Å². The van der Waals surface area contributed by atoms with E-state index in [2.05, 4.69) is 10.9 Å². The largest absolute Gasteiger partial charge is 0.374 e. The molecule has 0 aliphatic heterocycles. The maximum atomic E-state index is 10.2. The Hall–Kier alpha value is -2.28. The fraction of sp³-hybridized carbons (Fsp3) is 0.118. The standard InChI is InChI=1S/C17H13ClN2O/c1-3-14(21)16-15(12-8-6-11(2)7-9-12)19-17-13(18)5-4-10-20(16)17/h1,4-10,14,21H,2H3. The molecule has 0 spiro atoms. The van der Waals surface area contributed by atoms with Crippen molar-refractivity contribution in [2.45, 2.75) is 13.0 Å². The van der Waals surface area contributed by atoms with Gasteiger partial charge in [0.15, 0.2) is 11.8 Å². The van der Waals surface area contributed by atoms with Crippen molar-refractivity contribution in [2.24, 2.45) is 0 Å². The minimum Gasteiger partial charge on any atom is -0.374 e. The van der Waals surface area contributed by atoms with Gasteiger partial charge < -0.3 is 5.11 Å². The van der Waals surface area contributed by atoms with Crippen LogP contribution in [0, 0.1) is 19.3 Å². The van der Waals surface area contributed by atoms with E-state index in [0.717, 1.165) is 11.1 Å². The molecule has 0 fully saturated rings. The molecule has 1 atom stereocenters. The van der Waals surface area contributed by atoms with Gasteiger partial charge in [-0.3, -0.25) is 4.40 Å². The Bertz CT molecular complexity index is 844. The molecule has 1 aromatic carbocycles. The fourth-order valence-electron chi connectivity index (χ4n) is 2.32. The molecule has 0 saturated carbocycles. The van der Waals surface area contributed by atoms with Crippen molar-refractivity contribution >= 4 is 17.2 Å². The van der Waals surface area contributed by atoms with Crippen LogP contribution in [0.3, 0.4) is 0 Å². The lowest BCUT2D eigenvalue weighted by Crippen LogP contribution is -2.01. The van der Waals surface area contributed by atoms with Crippen LogP contribution in [0.4, 0.5) is 0 Å². The van der Waals surface area contributed by atoms with Crippen LogP contribution in [0.5, 0.6) is 0 Å². The molecule has 3 rings (SSSR count). The van der Waals surface area contributed by atoms with E-state index in [0.29, 0.717) is 22.1 Å². The van der Waals surface area contributed by atoms with Gasteiger partial charge in [-0.05, 0) is 19.1 Å². The Morgan fingerprint density at radius 3 is 2.67 bits per heavy atom. The molecule has 1 unspecified atom stereocenters. The number of hydrogen-bond acceptors (Lipinski definition) is 2. The monoisotopic (exact) mass is 296 g/mol. The van der Waals surface area contributed by atoms with E-state index in [1.807, 2.05) is 31.2 Å². The molecule has 2 aromatic heterocycles. The summed E-state index contributed by atoms with van der Waals surface area (Å²) in [6, 6.07) is 11.5. The molecule has 4 heteroatoms. The van der Waals surface area contributed by atoms with Gasteiger partial charge in [0.05, 0.1) is 16.4 Å². The lowest BCUT2D eigenvalue weighted by Gasteiger charge is -2.07. The number of aliphatic hydroxyl groups excluding tert-OH is 1. The van der Waals surface area contributed by atoms with Crippen molar-refractivity contribution in [1.29, 1.82) is 0 Å². The molecule has 0 bridgehead atoms. The number of halogens is 1. The number of benzene rings is 1. The fourth-order valence-corrected chi connectivity index (χ4v) is 2.52. The number of aromatic nitrogens is 2. The van der Waals surface area contributed by atoms with Crippen LogP contribution in [-0.4, -0.2) is 14.5 Å². The highest BCUT2D eigenvalue weighted by Gasteiger charge is 2.20. The van der Waals surface area contributed by atoms with E-state index in [1.54, 1.807) is 22.7 Å². The smallest absolute Gasteiger partial charge is 0.157 e. The number of aryl methyl sites for hydroxylation is 1. The van der Waals surface area contributed by atoms with Gasteiger partial charge in [0, 0.05) is 11.8 Å². The summed E-state index contributed by atoms with van der Waals surface area (Å²) in [4.78, 5) is 4.56. The van der Waals surface area contributed by atoms with E-state index in [-0.39, 0.29) is 0 Å². The molecule has 0 radical (unpaired) electrons. The van der Waals surface area contributed by atoms with Crippen LogP contribution in [0.2, 0.25) is 5.02 Å². The van der Waals surface area contributed by atoms with Crippen molar-refractivity contribution in [3.05, 3.63) is 58.9 Å². The second kappa shape index (κ2) is 5.25. The number of fused-ring (bicyclic) bond motifs is 1. The highest BCUT2D eigenvalue weighted by Crippen LogP contribution is 2.31. The summed E-state index contributed by atoms with van der Waals surface area (Å²) in [6.45, 7) is 2.02. The van der Waals surface area contributed by atoms with Crippen LogP contribution in [0.15, 0.2) is 42.6 Å². The maximum Gasteiger partial charge on any atom is 0.157 e. The van der Waals surface area contributed by atoms with Crippen LogP contribution in [0.25, 0.3) is 16.9 Å². The average molecular weight is 297 g/mol. The summed E-state index contributed by atoms with van der Waals surface area (Å²) in [7, 11) is 0. The SMILES string of the molecule is C#CC(O)c1c(-c2ccc(C)cc2)nc2c(Cl)cccn12. The lowest BCUT2D eigenvalue weighted by atomic mass is 10.1. The predicted octanol–water partition coefficient (Wildman–Crippen LogP) is 3.63. The molecule has 0 amide bonds. The number of nitrogens with zero attached hydrogens (tertiary/aromatic N) is 2. The predicted molar refractivity (Wildman–Crippen MR) is 84.2 cm³/mol. The Balaban J connectivity index is 2.34.